The van der Waals surface area contributed by atoms with E-state index in [0.717, 1.165) is 21.9 Å². The van der Waals surface area contributed by atoms with Crippen molar-refractivity contribution >= 4 is 28.8 Å². The number of aliphatic imine (C=N–C) groups is 1. The molecule has 0 spiro atoms. The van der Waals surface area contributed by atoms with E-state index in [2.05, 4.69) is 11.1 Å². The van der Waals surface area contributed by atoms with Gasteiger partial charge in [0.15, 0.2) is 6.40 Å². The van der Waals surface area contributed by atoms with Crippen molar-refractivity contribution in [3.63, 3.8) is 0 Å². The lowest BCUT2D eigenvalue weighted by Gasteiger charge is -2.27. The third-order valence-corrected chi connectivity index (χ3v) is 4.93. The minimum atomic E-state index is -0.301. The predicted molar refractivity (Wildman–Crippen MR) is 111 cm³/mol. The fourth-order valence-corrected chi connectivity index (χ4v) is 3.53. The summed E-state index contributed by atoms with van der Waals surface area (Å²) < 4.78 is 11.4. The molecule has 0 saturated carbocycles. The van der Waals surface area contributed by atoms with Crippen molar-refractivity contribution in [2.75, 3.05) is 6.61 Å². The largest absolute Gasteiger partial charge is 0.483 e. The van der Waals surface area contributed by atoms with Crippen molar-refractivity contribution in [3.05, 3.63) is 88.3 Å². The molecule has 1 aliphatic heterocycles. The lowest BCUT2D eigenvalue weighted by molar-refractivity contribution is 0.336. The Hall–Kier alpha value is -3.29. The molecule has 0 amide bonds. The molecule has 3 aromatic carbocycles. The monoisotopic (exact) mass is 388 g/mol. The first-order valence-electron chi connectivity index (χ1n) is 8.96. The zero-order chi connectivity index (χ0) is 19.5. The van der Waals surface area contributed by atoms with E-state index in [9.17, 15) is 5.26 Å². The first-order valence-corrected chi connectivity index (χ1v) is 9.34. The minimum Gasteiger partial charge on any atom is -0.483 e. The van der Waals surface area contributed by atoms with Crippen LogP contribution in [-0.4, -0.2) is 13.0 Å². The molecule has 0 saturated heterocycles. The molecule has 4 rings (SSSR count). The summed E-state index contributed by atoms with van der Waals surface area (Å²) >= 11 is 6.07. The predicted octanol–water partition coefficient (Wildman–Crippen LogP) is 5.82. The second kappa shape index (κ2) is 7.75. The van der Waals surface area contributed by atoms with Crippen LogP contribution in [0.4, 0.5) is 0 Å². The van der Waals surface area contributed by atoms with E-state index in [-0.39, 0.29) is 11.8 Å². The summed E-state index contributed by atoms with van der Waals surface area (Å²) in [7, 11) is 0. The van der Waals surface area contributed by atoms with E-state index < -0.39 is 0 Å². The average molecular weight is 389 g/mol. The summed E-state index contributed by atoms with van der Waals surface area (Å²) in [6.07, 6.45) is 1.32. The molecule has 1 heterocycles. The lowest BCUT2D eigenvalue weighted by atomic mass is 9.82. The fraction of sp³-hybridized carbons (Fsp3) is 0.130. The molecule has 3 aromatic rings. The van der Waals surface area contributed by atoms with Gasteiger partial charge >= 0.3 is 0 Å². The van der Waals surface area contributed by atoms with Gasteiger partial charge in [0.05, 0.1) is 12.5 Å². The number of hydrogen-bond acceptors (Lipinski definition) is 4. The summed E-state index contributed by atoms with van der Waals surface area (Å²) in [5.74, 6) is 0.657. The van der Waals surface area contributed by atoms with Gasteiger partial charge in [-0.2, -0.15) is 10.3 Å². The smallest absolute Gasteiger partial charge is 0.236 e. The molecule has 138 valence electrons. The molecular weight excluding hydrogens is 372 g/mol. The molecule has 0 fully saturated rings. The Morgan fingerprint density at radius 3 is 2.68 bits per heavy atom. The molecular formula is C23H17ClN2O2. The zero-order valence-electron chi connectivity index (χ0n) is 15.2. The number of rotatable bonds is 4. The van der Waals surface area contributed by atoms with Crippen molar-refractivity contribution in [1.29, 1.82) is 5.26 Å². The highest BCUT2D eigenvalue weighted by Crippen LogP contribution is 2.46. The van der Waals surface area contributed by atoms with Gasteiger partial charge in [-0.1, -0.05) is 60.1 Å². The summed E-state index contributed by atoms with van der Waals surface area (Å²) in [4.78, 5) is 4.29. The standard InChI is InChI=1S/C23H17ClN2O2/c1-2-27-14-26-23-20(13-25)21(16-7-10-17(24)11-8-16)19-12-9-15-5-3-4-6-18(15)22(19)28-23/h3-12,14,21H,2H2,1H3/b26-14+. The van der Waals surface area contributed by atoms with Crippen molar-refractivity contribution in [3.8, 4) is 11.8 Å². The van der Waals surface area contributed by atoms with Crippen LogP contribution in [0.25, 0.3) is 10.8 Å². The van der Waals surface area contributed by atoms with Gasteiger partial charge in [-0.25, -0.2) is 0 Å². The van der Waals surface area contributed by atoms with Crippen molar-refractivity contribution in [2.45, 2.75) is 12.8 Å². The molecule has 1 aliphatic rings. The number of fused-ring (bicyclic) bond motifs is 3. The van der Waals surface area contributed by atoms with Crippen LogP contribution in [0.1, 0.15) is 24.0 Å². The molecule has 1 unspecified atom stereocenters. The van der Waals surface area contributed by atoms with Crippen LogP contribution in [0.2, 0.25) is 5.02 Å². The second-order valence-electron chi connectivity index (χ2n) is 6.31. The first kappa shape index (κ1) is 18.1. The fourth-order valence-electron chi connectivity index (χ4n) is 3.40. The number of allylic oxidation sites excluding steroid dienone is 1. The maximum absolute atomic E-state index is 9.91. The van der Waals surface area contributed by atoms with Gasteiger partial charge < -0.3 is 9.47 Å². The second-order valence-corrected chi connectivity index (χ2v) is 6.75. The Balaban J connectivity index is 1.96. The molecule has 0 N–H and O–H groups in total. The van der Waals surface area contributed by atoms with Crippen LogP contribution in [0, 0.1) is 11.3 Å². The number of nitrogens with zero attached hydrogens (tertiary/aromatic N) is 2. The molecule has 0 aliphatic carbocycles. The van der Waals surface area contributed by atoms with Gasteiger partial charge in [-0.05, 0) is 30.0 Å². The Bertz CT molecular complexity index is 1130. The highest BCUT2D eigenvalue weighted by atomic mass is 35.5. The van der Waals surface area contributed by atoms with E-state index in [0.29, 0.717) is 23.0 Å². The van der Waals surface area contributed by atoms with Crippen molar-refractivity contribution in [1.82, 2.24) is 0 Å². The van der Waals surface area contributed by atoms with Crippen LogP contribution < -0.4 is 4.74 Å². The van der Waals surface area contributed by atoms with Gasteiger partial charge in [0.25, 0.3) is 0 Å². The van der Waals surface area contributed by atoms with E-state index >= 15 is 0 Å². The summed E-state index contributed by atoms with van der Waals surface area (Å²) in [5, 5.41) is 12.6. The topological polar surface area (TPSA) is 54.6 Å². The van der Waals surface area contributed by atoms with Crippen LogP contribution in [0.15, 0.2) is 77.1 Å². The number of benzene rings is 3. The highest BCUT2D eigenvalue weighted by Gasteiger charge is 2.32. The van der Waals surface area contributed by atoms with E-state index in [1.54, 1.807) is 0 Å². The first-order chi connectivity index (χ1) is 13.7. The third kappa shape index (κ3) is 3.21. The van der Waals surface area contributed by atoms with Gasteiger partial charge in [0, 0.05) is 16.0 Å². The van der Waals surface area contributed by atoms with Crippen molar-refractivity contribution in [2.24, 2.45) is 4.99 Å². The maximum Gasteiger partial charge on any atom is 0.236 e. The molecule has 28 heavy (non-hydrogen) atoms. The normalized spacial score (nSPS) is 16.0. The summed E-state index contributed by atoms with van der Waals surface area (Å²) in [6, 6.07) is 21.8. The molecule has 5 heteroatoms. The number of hydrogen-bond donors (Lipinski definition) is 0. The molecule has 4 nitrogen and oxygen atoms in total. The highest BCUT2D eigenvalue weighted by molar-refractivity contribution is 6.30. The molecule has 1 atom stereocenters. The lowest BCUT2D eigenvalue weighted by Crippen LogP contribution is -2.16. The average Bonchev–Trinajstić information content (AvgIpc) is 2.73. The number of nitriles is 1. The van der Waals surface area contributed by atoms with Crippen molar-refractivity contribution < 1.29 is 9.47 Å². The maximum atomic E-state index is 9.91. The third-order valence-electron chi connectivity index (χ3n) is 4.67. The van der Waals surface area contributed by atoms with Crippen LogP contribution in [0.3, 0.4) is 0 Å². The van der Waals surface area contributed by atoms with Crippen LogP contribution in [0.5, 0.6) is 5.75 Å². The minimum absolute atomic E-state index is 0.250. The van der Waals surface area contributed by atoms with Gasteiger partial charge in [-0.15, -0.1) is 0 Å². The SMILES string of the molecule is CCO/C=N/C1=C(C#N)C(c2ccc(Cl)cc2)c2ccc3ccccc3c2O1. The summed E-state index contributed by atoms with van der Waals surface area (Å²) in [6.45, 7) is 2.35. The number of ether oxygens (including phenoxy) is 2. The molecule has 0 radical (unpaired) electrons. The number of halogens is 1. The molecule has 0 bridgehead atoms. The van der Waals surface area contributed by atoms with E-state index in [1.165, 1.54) is 6.40 Å². The van der Waals surface area contributed by atoms with Gasteiger partial charge in [-0.3, -0.25) is 0 Å². The Morgan fingerprint density at radius 2 is 1.93 bits per heavy atom. The Morgan fingerprint density at radius 1 is 1.14 bits per heavy atom. The van der Waals surface area contributed by atoms with Gasteiger partial charge in [0.2, 0.25) is 5.88 Å². The van der Waals surface area contributed by atoms with E-state index in [4.69, 9.17) is 21.1 Å². The van der Waals surface area contributed by atoms with Gasteiger partial charge in [0.1, 0.15) is 17.4 Å². The van der Waals surface area contributed by atoms with E-state index in [1.807, 2.05) is 67.6 Å². The zero-order valence-corrected chi connectivity index (χ0v) is 16.0. The summed E-state index contributed by atoms with van der Waals surface area (Å²) in [5.41, 5.74) is 2.30. The molecule has 0 aromatic heterocycles. The van der Waals surface area contributed by atoms with Crippen LogP contribution >= 0.6 is 11.6 Å². The quantitative estimate of drug-likeness (QED) is 0.418. The van der Waals surface area contributed by atoms with Crippen LogP contribution in [-0.2, 0) is 4.74 Å². The Kier molecular flexibility index (Phi) is 5.01. The Labute approximate surface area is 168 Å².